The van der Waals surface area contributed by atoms with Crippen LogP contribution in [0.5, 0.6) is 5.75 Å². The molecule has 0 saturated heterocycles. The number of hydrogen-bond acceptors (Lipinski definition) is 5. The molecule has 4 aromatic rings. The highest BCUT2D eigenvalue weighted by atomic mass is 16.5. The Bertz CT molecular complexity index is 1300. The van der Waals surface area contributed by atoms with E-state index in [1.54, 1.807) is 41.2 Å². The second kappa shape index (κ2) is 8.70. The van der Waals surface area contributed by atoms with Crippen molar-refractivity contribution in [2.24, 2.45) is 0 Å². The number of nitrogens with zero attached hydrogens (tertiary/aromatic N) is 2. The fourth-order valence-corrected chi connectivity index (χ4v) is 3.31. The third-order valence-electron chi connectivity index (χ3n) is 5.10. The van der Waals surface area contributed by atoms with E-state index in [-0.39, 0.29) is 17.9 Å². The van der Waals surface area contributed by atoms with Gasteiger partial charge in [-0.2, -0.15) is 5.10 Å². The lowest BCUT2D eigenvalue weighted by Gasteiger charge is -2.19. The summed E-state index contributed by atoms with van der Waals surface area (Å²) in [4.78, 5) is 23.8. The molecule has 0 aliphatic carbocycles. The third kappa shape index (κ3) is 5.06. The molecule has 2 heterocycles. The minimum absolute atomic E-state index is 0.0970. The monoisotopic (exact) mass is 431 g/mol. The van der Waals surface area contributed by atoms with Crippen molar-refractivity contribution in [2.75, 3.05) is 11.9 Å². The zero-order valence-electron chi connectivity index (χ0n) is 18.3. The summed E-state index contributed by atoms with van der Waals surface area (Å²) in [5.74, 6) is 0.710. The first-order valence-corrected chi connectivity index (χ1v) is 10.4. The van der Waals surface area contributed by atoms with Crippen LogP contribution in [0, 0.1) is 0 Å². The van der Waals surface area contributed by atoms with Crippen LogP contribution in [0.2, 0.25) is 0 Å². The molecule has 2 aromatic heterocycles. The summed E-state index contributed by atoms with van der Waals surface area (Å²) >= 11 is 0. The average Bonchev–Trinajstić information content (AvgIpc) is 3.18. The van der Waals surface area contributed by atoms with Crippen molar-refractivity contribution in [1.29, 1.82) is 0 Å². The first-order chi connectivity index (χ1) is 15.3. The maximum atomic E-state index is 12.4. The molecule has 0 radical (unpaired) electrons. The van der Waals surface area contributed by atoms with Crippen LogP contribution in [0.3, 0.4) is 0 Å². The lowest BCUT2D eigenvalue weighted by atomic mass is 9.87. The Labute approximate surface area is 185 Å². The number of amides is 1. The summed E-state index contributed by atoms with van der Waals surface area (Å²) in [6.45, 7) is 6.89. The van der Waals surface area contributed by atoms with Gasteiger partial charge in [-0.15, -0.1) is 0 Å². The van der Waals surface area contributed by atoms with Crippen LogP contribution in [0.4, 0.5) is 5.82 Å². The van der Waals surface area contributed by atoms with Crippen LogP contribution < -0.4 is 15.7 Å². The van der Waals surface area contributed by atoms with Crippen molar-refractivity contribution in [1.82, 2.24) is 9.78 Å². The first-order valence-electron chi connectivity index (χ1n) is 10.4. The fourth-order valence-electron chi connectivity index (χ4n) is 3.31. The van der Waals surface area contributed by atoms with Gasteiger partial charge in [0.25, 0.3) is 5.91 Å². The Morgan fingerprint density at radius 1 is 1.06 bits per heavy atom. The van der Waals surface area contributed by atoms with Crippen LogP contribution in [0.25, 0.3) is 11.0 Å². The molecule has 0 saturated carbocycles. The molecule has 4 rings (SSSR count). The Hall–Kier alpha value is -3.87. The number of anilines is 1. The van der Waals surface area contributed by atoms with Crippen molar-refractivity contribution in [3.8, 4) is 5.75 Å². The molecular weight excluding hydrogens is 406 g/mol. The van der Waals surface area contributed by atoms with E-state index in [1.165, 1.54) is 11.6 Å². The molecule has 0 spiro atoms. The van der Waals surface area contributed by atoms with Crippen molar-refractivity contribution in [3.63, 3.8) is 0 Å². The normalized spacial score (nSPS) is 11.5. The number of nitrogens with one attached hydrogen (secondary N) is 1. The zero-order chi connectivity index (χ0) is 22.7. The lowest BCUT2D eigenvalue weighted by Crippen LogP contribution is -2.22. The molecule has 32 heavy (non-hydrogen) atoms. The van der Waals surface area contributed by atoms with Gasteiger partial charge in [-0.25, -0.2) is 9.48 Å². The quantitative estimate of drug-likeness (QED) is 0.459. The summed E-state index contributed by atoms with van der Waals surface area (Å²) in [5, 5.41) is 7.92. The van der Waals surface area contributed by atoms with E-state index in [0.29, 0.717) is 23.7 Å². The maximum Gasteiger partial charge on any atom is 0.336 e. The minimum atomic E-state index is -0.436. The van der Waals surface area contributed by atoms with Crippen molar-refractivity contribution >= 4 is 22.7 Å². The fraction of sp³-hybridized carbons (Fsp3) is 0.240. The molecular formula is C25H25N3O4. The molecule has 1 amide bonds. The Morgan fingerprint density at radius 3 is 2.56 bits per heavy atom. The van der Waals surface area contributed by atoms with E-state index in [9.17, 15) is 9.59 Å². The molecule has 0 aliphatic heterocycles. The number of ether oxygens (including phenoxy) is 1. The molecule has 7 heteroatoms. The molecule has 164 valence electrons. The number of fused-ring (bicyclic) bond motifs is 1. The highest BCUT2D eigenvalue weighted by molar-refractivity contribution is 5.91. The van der Waals surface area contributed by atoms with E-state index >= 15 is 0 Å². The summed E-state index contributed by atoms with van der Waals surface area (Å²) in [7, 11) is 0. The van der Waals surface area contributed by atoms with Gasteiger partial charge in [-0.3, -0.25) is 4.79 Å². The van der Waals surface area contributed by atoms with Gasteiger partial charge in [-0.05, 0) is 34.7 Å². The van der Waals surface area contributed by atoms with Crippen LogP contribution in [0.15, 0.2) is 76.1 Å². The molecule has 2 aromatic carbocycles. The van der Waals surface area contributed by atoms with Gasteiger partial charge < -0.3 is 14.5 Å². The lowest BCUT2D eigenvalue weighted by molar-refractivity contribution is -0.118. The van der Waals surface area contributed by atoms with Gasteiger partial charge in [0.2, 0.25) is 0 Å². The molecule has 1 N–H and O–H groups in total. The van der Waals surface area contributed by atoms with E-state index in [4.69, 9.17) is 9.15 Å². The van der Waals surface area contributed by atoms with Gasteiger partial charge >= 0.3 is 5.63 Å². The summed E-state index contributed by atoms with van der Waals surface area (Å²) in [5.41, 5.74) is 2.42. The van der Waals surface area contributed by atoms with Crippen molar-refractivity contribution in [2.45, 2.75) is 32.7 Å². The van der Waals surface area contributed by atoms with Gasteiger partial charge in [0.05, 0.1) is 12.7 Å². The van der Waals surface area contributed by atoms with E-state index < -0.39 is 5.63 Å². The van der Waals surface area contributed by atoms with E-state index in [2.05, 4.69) is 55.5 Å². The maximum absolute atomic E-state index is 12.4. The predicted octanol–water partition coefficient (Wildman–Crippen LogP) is 4.35. The number of carbonyl (C=O) groups excluding carboxylic acids is 1. The Kier molecular flexibility index (Phi) is 5.81. The van der Waals surface area contributed by atoms with E-state index in [1.807, 2.05) is 0 Å². The number of carbonyl (C=O) groups is 1. The molecule has 0 aliphatic rings. The number of benzene rings is 2. The number of hydrogen-bond donors (Lipinski definition) is 1. The zero-order valence-corrected chi connectivity index (χ0v) is 18.3. The SMILES string of the molecule is CC(C)(C)c1ccc(Cn2nccc2NC(=O)COc2ccc3ccc(=O)oc3c2)cc1. The molecule has 7 nitrogen and oxygen atoms in total. The molecule has 0 bridgehead atoms. The Morgan fingerprint density at radius 2 is 1.81 bits per heavy atom. The second-order valence-corrected chi connectivity index (χ2v) is 8.61. The van der Waals surface area contributed by atoms with E-state index in [0.717, 1.165) is 10.9 Å². The van der Waals surface area contributed by atoms with Crippen LogP contribution in [-0.2, 0) is 16.8 Å². The summed E-state index contributed by atoms with van der Waals surface area (Å²) in [6.07, 6.45) is 1.64. The number of rotatable bonds is 6. The van der Waals surface area contributed by atoms with Gasteiger partial charge in [0, 0.05) is 23.6 Å². The third-order valence-corrected chi connectivity index (χ3v) is 5.10. The summed E-state index contributed by atoms with van der Waals surface area (Å²) in [6, 6.07) is 18.3. The van der Waals surface area contributed by atoms with Crippen molar-refractivity contribution in [3.05, 3.63) is 88.4 Å². The highest BCUT2D eigenvalue weighted by Crippen LogP contribution is 2.23. The van der Waals surface area contributed by atoms with Gasteiger partial charge in [0.15, 0.2) is 6.61 Å². The first kappa shape index (κ1) is 21.4. The van der Waals surface area contributed by atoms with Crippen LogP contribution in [0.1, 0.15) is 31.9 Å². The average molecular weight is 431 g/mol. The van der Waals surface area contributed by atoms with Gasteiger partial charge in [0.1, 0.15) is 17.2 Å². The van der Waals surface area contributed by atoms with Crippen LogP contribution in [-0.4, -0.2) is 22.3 Å². The number of aromatic nitrogens is 2. The smallest absolute Gasteiger partial charge is 0.336 e. The largest absolute Gasteiger partial charge is 0.484 e. The second-order valence-electron chi connectivity index (χ2n) is 8.61. The standard InChI is InChI=1S/C25H25N3O4/c1-25(2,3)19-8-4-17(5-9-19)15-28-22(12-13-26-28)27-23(29)16-31-20-10-6-18-7-11-24(30)32-21(18)14-20/h4-14H,15-16H2,1-3H3,(H,27,29). The molecule has 0 unspecified atom stereocenters. The minimum Gasteiger partial charge on any atom is -0.484 e. The van der Waals surface area contributed by atoms with Gasteiger partial charge in [-0.1, -0.05) is 45.0 Å². The van der Waals surface area contributed by atoms with Crippen LogP contribution >= 0.6 is 0 Å². The highest BCUT2D eigenvalue weighted by Gasteiger charge is 2.14. The predicted molar refractivity (Wildman–Crippen MR) is 123 cm³/mol. The van der Waals surface area contributed by atoms with Crippen molar-refractivity contribution < 1.29 is 13.9 Å². The summed E-state index contributed by atoms with van der Waals surface area (Å²) < 4.78 is 12.4. The topological polar surface area (TPSA) is 86.4 Å². The Balaban J connectivity index is 1.37. The molecule has 0 atom stereocenters. The molecule has 0 fully saturated rings.